The van der Waals surface area contributed by atoms with Crippen molar-refractivity contribution >= 4 is 33.6 Å². The van der Waals surface area contributed by atoms with Crippen LogP contribution >= 0.6 is 0 Å². The van der Waals surface area contributed by atoms with Gasteiger partial charge < -0.3 is 19.5 Å². The minimum absolute atomic E-state index is 0.207. The average molecular weight is 535 g/mol. The molecule has 202 valence electrons. The van der Waals surface area contributed by atoms with Gasteiger partial charge >= 0.3 is 5.97 Å². The maximum absolute atomic E-state index is 11.3. The number of nitrogens with zero attached hydrogens (tertiary/aromatic N) is 4. The fraction of sp³-hybridized carbons (Fsp3) is 0.731. The van der Waals surface area contributed by atoms with Crippen molar-refractivity contribution in [2.75, 3.05) is 31.6 Å². The van der Waals surface area contributed by atoms with Crippen molar-refractivity contribution in [3.8, 4) is 0 Å². The normalized spacial score (nSPS) is 19.1. The quantitative estimate of drug-likeness (QED) is 0.183. The van der Waals surface area contributed by atoms with Crippen LogP contribution < -0.4 is 4.90 Å². The summed E-state index contributed by atoms with van der Waals surface area (Å²) in [5, 5.41) is 13.9. The zero-order chi connectivity index (χ0) is 26.3. The maximum Gasteiger partial charge on any atom is 0.303 e. The summed E-state index contributed by atoms with van der Waals surface area (Å²) in [5.74, 6) is 0.668. The zero-order valence-corrected chi connectivity index (χ0v) is 25.1. The first-order valence-corrected chi connectivity index (χ1v) is 20.8. The number of aliphatic carboxylic acids is 1. The lowest BCUT2D eigenvalue weighted by Crippen LogP contribution is -2.33. The Bertz CT molecular complexity index is 964. The highest BCUT2D eigenvalue weighted by atomic mass is 28.3. The van der Waals surface area contributed by atoms with E-state index in [9.17, 15) is 9.90 Å². The third-order valence-corrected chi connectivity index (χ3v) is 10.2. The van der Waals surface area contributed by atoms with Gasteiger partial charge in [0.1, 0.15) is 19.3 Å². The Kier molecular flexibility index (Phi) is 10.1. The number of carboxylic acids is 1. The van der Waals surface area contributed by atoms with Crippen LogP contribution in [0.1, 0.15) is 43.7 Å². The highest BCUT2D eigenvalue weighted by Crippen LogP contribution is 2.38. The molecule has 1 fully saturated rings. The number of hydrogen-bond acceptors (Lipinski definition) is 6. The van der Waals surface area contributed by atoms with Crippen molar-refractivity contribution in [2.24, 2.45) is 5.92 Å². The van der Waals surface area contributed by atoms with Crippen LogP contribution in [0.25, 0.3) is 5.65 Å². The average Bonchev–Trinajstić information content (AvgIpc) is 3.24. The van der Waals surface area contributed by atoms with Crippen LogP contribution in [0.5, 0.6) is 0 Å². The molecule has 0 aliphatic heterocycles. The predicted octanol–water partition coefficient (Wildman–Crippen LogP) is 5.91. The summed E-state index contributed by atoms with van der Waals surface area (Å²) >= 11 is 0. The third-order valence-electron chi connectivity index (χ3n) is 6.84. The van der Waals surface area contributed by atoms with Crippen molar-refractivity contribution in [2.45, 2.75) is 89.4 Å². The molecule has 0 bridgehead atoms. The first-order chi connectivity index (χ1) is 16.9. The number of rotatable bonds is 14. The summed E-state index contributed by atoms with van der Waals surface area (Å²) in [6, 6.07) is 6.28. The third kappa shape index (κ3) is 9.28. The van der Waals surface area contributed by atoms with E-state index in [0.29, 0.717) is 13.5 Å². The summed E-state index contributed by atoms with van der Waals surface area (Å²) in [4.78, 5) is 18.4. The molecule has 1 aliphatic rings. The molecular weight excluding hydrogens is 488 g/mol. The van der Waals surface area contributed by atoms with Crippen LogP contribution in [-0.4, -0.2) is 68.5 Å². The number of anilines is 1. The SMILES string of the molecule is C[Si](C)(C)CCOCN(COCC[Si](C)(C)C)c1cc(C2CCCC(CC(=O)O)C2)nc2ccnn12. The molecule has 2 atom stereocenters. The van der Waals surface area contributed by atoms with Crippen LogP contribution in [0.15, 0.2) is 18.3 Å². The lowest BCUT2D eigenvalue weighted by atomic mass is 9.78. The number of carboxylic acid groups (broad SMARTS) is 1. The summed E-state index contributed by atoms with van der Waals surface area (Å²) in [6.07, 6.45) is 5.93. The molecule has 0 saturated heterocycles. The molecule has 3 rings (SSSR count). The largest absolute Gasteiger partial charge is 0.481 e. The highest BCUT2D eigenvalue weighted by molar-refractivity contribution is 6.76. The Morgan fingerprint density at radius 3 is 2.31 bits per heavy atom. The van der Waals surface area contributed by atoms with Gasteiger partial charge in [-0.1, -0.05) is 45.7 Å². The Labute approximate surface area is 218 Å². The van der Waals surface area contributed by atoms with Gasteiger partial charge in [-0.15, -0.1) is 0 Å². The van der Waals surface area contributed by atoms with Gasteiger partial charge in [-0.2, -0.15) is 9.61 Å². The minimum atomic E-state index is -1.18. The standard InChI is InChI=1S/C26H46N4O4Si2/c1-35(2,3)14-12-33-19-29(20-34-13-15-36(4,5)6)25-18-23(28-24-10-11-27-30(24)25)22-9-7-8-21(16-22)17-26(31)32/h10-11,18,21-22H,7-9,12-17,19-20H2,1-6H3,(H,31,32). The molecular formula is C26H46N4O4Si2. The molecule has 2 aromatic heterocycles. The Hall–Kier alpha value is -1.76. The van der Waals surface area contributed by atoms with E-state index in [-0.39, 0.29) is 18.3 Å². The van der Waals surface area contributed by atoms with Crippen molar-refractivity contribution < 1.29 is 19.4 Å². The van der Waals surface area contributed by atoms with Gasteiger partial charge in [0.15, 0.2) is 5.65 Å². The second-order valence-electron chi connectivity index (χ2n) is 12.7. The van der Waals surface area contributed by atoms with Gasteiger partial charge in [-0.25, -0.2) is 4.98 Å². The lowest BCUT2D eigenvalue weighted by Gasteiger charge is -2.30. The summed E-state index contributed by atoms with van der Waals surface area (Å²) < 4.78 is 14.2. The van der Waals surface area contributed by atoms with Gasteiger partial charge in [0, 0.05) is 59.5 Å². The lowest BCUT2D eigenvalue weighted by molar-refractivity contribution is -0.138. The summed E-state index contributed by atoms with van der Waals surface area (Å²) in [6.45, 7) is 16.5. The van der Waals surface area contributed by atoms with E-state index >= 15 is 0 Å². The number of aromatic nitrogens is 3. The molecule has 8 nitrogen and oxygen atoms in total. The van der Waals surface area contributed by atoms with Crippen LogP contribution in [-0.2, 0) is 14.3 Å². The summed E-state index contributed by atoms with van der Waals surface area (Å²) in [7, 11) is -2.37. The molecule has 2 unspecified atom stereocenters. The topological polar surface area (TPSA) is 89.2 Å². The monoisotopic (exact) mass is 534 g/mol. The van der Waals surface area contributed by atoms with E-state index in [0.717, 1.165) is 68.1 Å². The molecule has 2 heterocycles. The first kappa shape index (κ1) is 28.8. The van der Waals surface area contributed by atoms with Crippen LogP contribution in [0.4, 0.5) is 5.82 Å². The Balaban J connectivity index is 1.81. The Morgan fingerprint density at radius 2 is 1.72 bits per heavy atom. The molecule has 1 saturated carbocycles. The number of ether oxygens (including phenoxy) is 2. The maximum atomic E-state index is 11.3. The number of carbonyl (C=O) groups is 1. The molecule has 2 aromatic rings. The fourth-order valence-corrected chi connectivity index (χ4v) is 6.13. The minimum Gasteiger partial charge on any atom is -0.481 e. The molecule has 1 aliphatic carbocycles. The molecule has 0 amide bonds. The predicted molar refractivity (Wildman–Crippen MR) is 150 cm³/mol. The molecule has 10 heteroatoms. The van der Waals surface area contributed by atoms with E-state index in [1.165, 1.54) is 0 Å². The molecule has 36 heavy (non-hydrogen) atoms. The van der Waals surface area contributed by atoms with E-state index in [2.05, 4.69) is 55.3 Å². The van der Waals surface area contributed by atoms with Gasteiger partial charge in [-0.05, 0) is 37.3 Å². The smallest absolute Gasteiger partial charge is 0.303 e. The van der Waals surface area contributed by atoms with Gasteiger partial charge in [0.2, 0.25) is 0 Å². The van der Waals surface area contributed by atoms with Crippen LogP contribution in [0, 0.1) is 5.92 Å². The molecule has 0 radical (unpaired) electrons. The van der Waals surface area contributed by atoms with E-state index < -0.39 is 22.1 Å². The first-order valence-electron chi connectivity index (χ1n) is 13.4. The van der Waals surface area contributed by atoms with Gasteiger partial charge in [-0.3, -0.25) is 4.79 Å². The summed E-state index contributed by atoms with van der Waals surface area (Å²) in [5.41, 5.74) is 1.82. The van der Waals surface area contributed by atoms with Gasteiger partial charge in [0.05, 0.1) is 6.20 Å². The van der Waals surface area contributed by atoms with Crippen molar-refractivity contribution in [3.05, 3.63) is 24.0 Å². The fourth-order valence-electron chi connectivity index (χ4n) is 4.62. The van der Waals surface area contributed by atoms with Crippen molar-refractivity contribution in [3.63, 3.8) is 0 Å². The Morgan fingerprint density at radius 1 is 1.08 bits per heavy atom. The van der Waals surface area contributed by atoms with Crippen LogP contribution in [0.3, 0.4) is 0 Å². The van der Waals surface area contributed by atoms with E-state index in [1.54, 1.807) is 6.20 Å². The van der Waals surface area contributed by atoms with Crippen LogP contribution in [0.2, 0.25) is 51.4 Å². The van der Waals surface area contributed by atoms with E-state index in [4.69, 9.17) is 14.5 Å². The molecule has 0 spiro atoms. The van der Waals surface area contributed by atoms with E-state index in [1.807, 2.05) is 10.6 Å². The molecule has 0 aromatic carbocycles. The second-order valence-corrected chi connectivity index (χ2v) is 23.9. The molecule has 1 N–H and O–H groups in total. The highest BCUT2D eigenvalue weighted by Gasteiger charge is 2.27. The van der Waals surface area contributed by atoms with Crippen molar-refractivity contribution in [1.29, 1.82) is 0 Å². The zero-order valence-electron chi connectivity index (χ0n) is 23.1. The second kappa shape index (κ2) is 12.7. The number of hydrogen-bond donors (Lipinski definition) is 1. The van der Waals surface area contributed by atoms with Gasteiger partial charge in [0.25, 0.3) is 0 Å². The van der Waals surface area contributed by atoms with Crippen molar-refractivity contribution in [1.82, 2.24) is 14.6 Å². The number of fused-ring (bicyclic) bond motifs is 1.